The van der Waals surface area contributed by atoms with Gasteiger partial charge in [-0.2, -0.15) is 0 Å². The van der Waals surface area contributed by atoms with Crippen molar-refractivity contribution in [3.63, 3.8) is 0 Å². The van der Waals surface area contributed by atoms with E-state index in [1.54, 1.807) is 24.3 Å². The summed E-state index contributed by atoms with van der Waals surface area (Å²) in [6.45, 7) is 3.42. The number of hydrogen-bond acceptors (Lipinski definition) is 4. The monoisotopic (exact) mass is 409 g/mol. The molecule has 0 unspecified atom stereocenters. The molecule has 0 saturated carbocycles. The zero-order valence-electron chi connectivity index (χ0n) is 16.1. The average Bonchev–Trinajstić information content (AvgIpc) is 3.23. The van der Waals surface area contributed by atoms with Gasteiger partial charge in [0.05, 0.1) is 5.57 Å². The number of hydrogen-bond donors (Lipinski definition) is 1. The Balaban J connectivity index is 1.71. The van der Waals surface area contributed by atoms with Crippen molar-refractivity contribution in [1.29, 1.82) is 0 Å². The lowest BCUT2D eigenvalue weighted by Crippen LogP contribution is -2.21. The van der Waals surface area contributed by atoms with E-state index in [2.05, 4.69) is 5.32 Å². The molecule has 0 bridgehead atoms. The van der Waals surface area contributed by atoms with Crippen molar-refractivity contribution in [2.75, 3.05) is 11.9 Å². The van der Waals surface area contributed by atoms with Crippen molar-refractivity contribution in [1.82, 2.24) is 0 Å². The van der Waals surface area contributed by atoms with Crippen molar-refractivity contribution >= 4 is 40.5 Å². The third-order valence-corrected chi connectivity index (χ3v) is 5.09. The zero-order valence-corrected chi connectivity index (χ0v) is 16.9. The highest BCUT2D eigenvalue weighted by molar-refractivity contribution is 7.11. The molecule has 0 atom stereocenters. The van der Waals surface area contributed by atoms with E-state index in [4.69, 9.17) is 4.74 Å². The lowest BCUT2D eigenvalue weighted by molar-refractivity contribution is -0.141. The second-order valence-electron chi connectivity index (χ2n) is 6.53. The molecule has 0 saturated heterocycles. The fourth-order valence-corrected chi connectivity index (χ4v) is 3.38. The molecule has 0 aliphatic carbocycles. The van der Waals surface area contributed by atoms with Gasteiger partial charge < -0.3 is 10.1 Å². The van der Waals surface area contributed by atoms with E-state index in [9.17, 15) is 14.0 Å². The maximum atomic E-state index is 13.1. The minimum atomic E-state index is -0.618. The molecule has 0 aliphatic rings. The van der Waals surface area contributed by atoms with Gasteiger partial charge in [-0.1, -0.05) is 30.3 Å². The first-order valence-corrected chi connectivity index (χ1v) is 9.86. The third-order valence-electron chi connectivity index (χ3n) is 4.19. The van der Waals surface area contributed by atoms with E-state index in [-0.39, 0.29) is 5.82 Å². The van der Waals surface area contributed by atoms with Crippen LogP contribution in [0.25, 0.3) is 11.6 Å². The molecule has 0 spiro atoms. The van der Waals surface area contributed by atoms with Gasteiger partial charge in [0.2, 0.25) is 0 Å². The van der Waals surface area contributed by atoms with Crippen LogP contribution < -0.4 is 5.32 Å². The van der Waals surface area contributed by atoms with Crippen LogP contribution in [0.3, 0.4) is 0 Å². The smallest absolute Gasteiger partial charge is 0.340 e. The number of halogens is 1. The molecule has 4 nitrogen and oxygen atoms in total. The molecule has 6 heteroatoms. The summed E-state index contributed by atoms with van der Waals surface area (Å²) in [6.07, 6.45) is 1.62. The Morgan fingerprint density at radius 2 is 1.86 bits per heavy atom. The van der Waals surface area contributed by atoms with Gasteiger partial charge in [0.1, 0.15) is 5.82 Å². The van der Waals surface area contributed by atoms with E-state index < -0.39 is 18.5 Å². The SMILES string of the molecule is Cc1ccc(C)c(NC(=O)COC(=O)/C(=C/c2ccc(F)cc2)c2cccs2)c1. The summed E-state index contributed by atoms with van der Waals surface area (Å²) >= 11 is 1.38. The number of thiophene rings is 1. The van der Waals surface area contributed by atoms with Crippen molar-refractivity contribution in [2.24, 2.45) is 0 Å². The third kappa shape index (κ3) is 5.62. The average molecular weight is 409 g/mol. The normalized spacial score (nSPS) is 11.2. The van der Waals surface area contributed by atoms with Crippen molar-refractivity contribution in [3.8, 4) is 0 Å². The number of anilines is 1. The molecule has 1 aromatic heterocycles. The Kier molecular flexibility index (Phi) is 6.57. The Morgan fingerprint density at radius 3 is 2.55 bits per heavy atom. The highest BCUT2D eigenvalue weighted by atomic mass is 32.1. The number of amides is 1. The van der Waals surface area contributed by atoms with Crippen LogP contribution in [0.15, 0.2) is 60.0 Å². The standard InChI is InChI=1S/C23H20FNO3S/c1-15-5-6-16(2)20(12-15)25-22(26)14-28-23(27)19(21-4-3-11-29-21)13-17-7-9-18(24)10-8-17/h3-13H,14H2,1-2H3,(H,25,26)/b19-13+. The van der Waals surface area contributed by atoms with Gasteiger partial charge in [-0.25, -0.2) is 9.18 Å². The minimum Gasteiger partial charge on any atom is -0.452 e. The largest absolute Gasteiger partial charge is 0.452 e. The molecule has 1 amide bonds. The van der Waals surface area contributed by atoms with E-state index in [0.717, 1.165) is 11.1 Å². The van der Waals surface area contributed by atoms with Crippen LogP contribution in [0, 0.1) is 19.7 Å². The number of rotatable bonds is 6. The quantitative estimate of drug-likeness (QED) is 0.448. The lowest BCUT2D eigenvalue weighted by Gasteiger charge is -2.11. The second kappa shape index (κ2) is 9.30. The zero-order chi connectivity index (χ0) is 20.8. The van der Waals surface area contributed by atoms with Gasteiger partial charge in [-0.05, 0) is 66.3 Å². The maximum Gasteiger partial charge on any atom is 0.340 e. The van der Waals surface area contributed by atoms with Gasteiger partial charge in [-0.15, -0.1) is 11.3 Å². The second-order valence-corrected chi connectivity index (χ2v) is 7.48. The number of esters is 1. The number of aryl methyl sites for hydroxylation is 2. The summed E-state index contributed by atoms with van der Waals surface area (Å²) in [5.74, 6) is -1.39. The first kappa shape index (κ1) is 20.5. The highest BCUT2D eigenvalue weighted by Crippen LogP contribution is 2.24. The number of benzene rings is 2. The lowest BCUT2D eigenvalue weighted by atomic mass is 10.1. The van der Waals surface area contributed by atoms with Gasteiger partial charge in [0, 0.05) is 10.6 Å². The van der Waals surface area contributed by atoms with Gasteiger partial charge in [-0.3, -0.25) is 4.79 Å². The summed E-state index contributed by atoms with van der Waals surface area (Å²) in [7, 11) is 0. The first-order chi connectivity index (χ1) is 13.9. The predicted molar refractivity (Wildman–Crippen MR) is 114 cm³/mol. The molecule has 0 radical (unpaired) electrons. The Hall–Kier alpha value is -3.25. The first-order valence-electron chi connectivity index (χ1n) is 8.98. The maximum absolute atomic E-state index is 13.1. The molecule has 0 fully saturated rings. The van der Waals surface area contributed by atoms with Crippen LogP contribution in [0.5, 0.6) is 0 Å². The number of carbonyl (C=O) groups is 2. The highest BCUT2D eigenvalue weighted by Gasteiger charge is 2.17. The van der Waals surface area contributed by atoms with Crippen LogP contribution in [0.1, 0.15) is 21.6 Å². The molecule has 3 aromatic rings. The summed E-state index contributed by atoms with van der Waals surface area (Å²) in [5.41, 5.74) is 3.60. The summed E-state index contributed by atoms with van der Waals surface area (Å²) in [4.78, 5) is 25.6. The number of ether oxygens (including phenoxy) is 1. The Morgan fingerprint density at radius 1 is 1.10 bits per heavy atom. The molecule has 0 aliphatic heterocycles. The molecule has 148 valence electrons. The number of carbonyl (C=O) groups excluding carboxylic acids is 2. The summed E-state index contributed by atoms with van der Waals surface area (Å²) in [6, 6.07) is 15.1. The van der Waals surface area contributed by atoms with Crippen LogP contribution in [0.2, 0.25) is 0 Å². The topological polar surface area (TPSA) is 55.4 Å². The van der Waals surface area contributed by atoms with Gasteiger partial charge >= 0.3 is 5.97 Å². The molecule has 29 heavy (non-hydrogen) atoms. The van der Waals surface area contributed by atoms with E-state index >= 15 is 0 Å². The molecule has 2 aromatic carbocycles. The molecular formula is C23H20FNO3S. The van der Waals surface area contributed by atoms with Gasteiger partial charge in [0.15, 0.2) is 6.61 Å². The Bertz CT molecular complexity index is 1040. The molecule has 1 N–H and O–H groups in total. The van der Waals surface area contributed by atoms with Crippen molar-refractivity contribution < 1.29 is 18.7 Å². The van der Waals surface area contributed by atoms with E-state index in [1.165, 1.54) is 23.5 Å². The van der Waals surface area contributed by atoms with Crippen LogP contribution in [0.4, 0.5) is 10.1 Å². The summed E-state index contributed by atoms with van der Waals surface area (Å²) < 4.78 is 18.4. The summed E-state index contributed by atoms with van der Waals surface area (Å²) in [5, 5.41) is 4.60. The van der Waals surface area contributed by atoms with E-state index in [0.29, 0.717) is 21.7 Å². The van der Waals surface area contributed by atoms with Crippen molar-refractivity contribution in [3.05, 3.63) is 87.4 Å². The fourth-order valence-electron chi connectivity index (χ4n) is 2.65. The molecular weight excluding hydrogens is 389 g/mol. The van der Waals surface area contributed by atoms with Gasteiger partial charge in [0.25, 0.3) is 5.91 Å². The fraction of sp³-hybridized carbons (Fsp3) is 0.130. The van der Waals surface area contributed by atoms with Crippen LogP contribution in [-0.2, 0) is 14.3 Å². The predicted octanol–water partition coefficient (Wildman–Crippen LogP) is 5.23. The Labute approximate surface area is 172 Å². The van der Waals surface area contributed by atoms with Crippen LogP contribution >= 0.6 is 11.3 Å². The van der Waals surface area contributed by atoms with Crippen LogP contribution in [-0.4, -0.2) is 18.5 Å². The molecule has 3 rings (SSSR count). The number of nitrogens with one attached hydrogen (secondary N) is 1. The molecule has 1 heterocycles. The minimum absolute atomic E-state index is 0.311. The van der Waals surface area contributed by atoms with Crippen molar-refractivity contribution in [2.45, 2.75) is 13.8 Å². The van der Waals surface area contributed by atoms with E-state index in [1.807, 2.05) is 43.5 Å².